The number of anilines is 3. The van der Waals surface area contributed by atoms with Gasteiger partial charge in [-0.05, 0) is 30.7 Å². The Balaban J connectivity index is 1.89. The molecule has 3 rings (SSSR count). The van der Waals surface area contributed by atoms with E-state index in [0.717, 1.165) is 29.1 Å². The van der Waals surface area contributed by atoms with Crippen molar-refractivity contribution in [2.75, 3.05) is 17.2 Å². The monoisotopic (exact) mass is 298 g/mol. The van der Waals surface area contributed by atoms with E-state index < -0.39 is 6.23 Å². The van der Waals surface area contributed by atoms with Crippen molar-refractivity contribution < 1.29 is 5.11 Å². The van der Waals surface area contributed by atoms with Crippen LogP contribution in [0.2, 0.25) is 0 Å². The van der Waals surface area contributed by atoms with Crippen molar-refractivity contribution in [1.29, 1.82) is 0 Å². The number of aromatic amines is 1. The SMILES string of the molecule is CCNc1nc(Nc2ccc(C(N)O)cc2)nc2[nH]ccc12. The fraction of sp³-hybridized carbons (Fsp3) is 0.200. The molecule has 1 aromatic carbocycles. The maximum Gasteiger partial charge on any atom is 0.231 e. The first-order chi connectivity index (χ1) is 10.7. The number of aliphatic hydroxyl groups is 1. The molecule has 7 heteroatoms. The number of nitrogens with one attached hydrogen (secondary N) is 3. The third-order valence-corrected chi connectivity index (χ3v) is 3.27. The van der Waals surface area contributed by atoms with E-state index in [1.165, 1.54) is 0 Å². The Morgan fingerprint density at radius 3 is 2.68 bits per heavy atom. The van der Waals surface area contributed by atoms with Gasteiger partial charge >= 0.3 is 0 Å². The molecular weight excluding hydrogens is 280 g/mol. The lowest BCUT2D eigenvalue weighted by molar-refractivity contribution is 0.186. The fourth-order valence-electron chi connectivity index (χ4n) is 2.19. The number of benzene rings is 1. The van der Waals surface area contributed by atoms with Crippen LogP contribution >= 0.6 is 0 Å². The van der Waals surface area contributed by atoms with Crippen LogP contribution < -0.4 is 16.4 Å². The second-order valence-corrected chi connectivity index (χ2v) is 4.86. The van der Waals surface area contributed by atoms with Crippen molar-refractivity contribution in [3.63, 3.8) is 0 Å². The third kappa shape index (κ3) is 2.85. The van der Waals surface area contributed by atoms with E-state index in [4.69, 9.17) is 5.73 Å². The summed E-state index contributed by atoms with van der Waals surface area (Å²) < 4.78 is 0. The van der Waals surface area contributed by atoms with Crippen molar-refractivity contribution in [1.82, 2.24) is 15.0 Å². The molecule has 0 aliphatic heterocycles. The lowest BCUT2D eigenvalue weighted by Gasteiger charge is -2.10. The van der Waals surface area contributed by atoms with Gasteiger partial charge in [0, 0.05) is 18.4 Å². The van der Waals surface area contributed by atoms with Crippen molar-refractivity contribution in [2.45, 2.75) is 13.2 Å². The van der Waals surface area contributed by atoms with Crippen molar-refractivity contribution in [3.05, 3.63) is 42.1 Å². The summed E-state index contributed by atoms with van der Waals surface area (Å²) in [5.74, 6) is 1.28. The van der Waals surface area contributed by atoms with Gasteiger partial charge in [-0.2, -0.15) is 9.97 Å². The molecule has 0 saturated carbocycles. The molecule has 0 amide bonds. The predicted molar refractivity (Wildman–Crippen MR) is 86.9 cm³/mol. The number of hydrogen-bond acceptors (Lipinski definition) is 6. The molecule has 7 nitrogen and oxygen atoms in total. The number of rotatable bonds is 5. The Morgan fingerprint density at radius 2 is 2.00 bits per heavy atom. The third-order valence-electron chi connectivity index (χ3n) is 3.27. The van der Waals surface area contributed by atoms with Gasteiger partial charge in [0.15, 0.2) is 0 Å². The van der Waals surface area contributed by atoms with Gasteiger partial charge in [-0.25, -0.2) is 0 Å². The average Bonchev–Trinajstić information content (AvgIpc) is 2.97. The molecule has 0 saturated heterocycles. The molecule has 0 fully saturated rings. The standard InChI is InChI=1S/C15H18N6O/c1-2-17-13-11-7-8-18-14(11)21-15(20-13)19-10-5-3-9(4-6-10)12(16)22/h3-8,12,22H,2,16H2,1H3,(H3,17,18,19,20,21). The Labute approximate surface area is 127 Å². The average molecular weight is 298 g/mol. The number of fused-ring (bicyclic) bond motifs is 1. The molecule has 114 valence electrons. The van der Waals surface area contributed by atoms with Crippen LogP contribution in [0.3, 0.4) is 0 Å². The summed E-state index contributed by atoms with van der Waals surface area (Å²) in [5.41, 5.74) is 7.65. The largest absolute Gasteiger partial charge is 0.375 e. The van der Waals surface area contributed by atoms with E-state index in [1.807, 2.05) is 31.3 Å². The summed E-state index contributed by atoms with van der Waals surface area (Å²) in [5, 5.41) is 16.6. The van der Waals surface area contributed by atoms with Crippen LogP contribution in [-0.4, -0.2) is 26.6 Å². The number of aliphatic hydroxyl groups excluding tert-OH is 1. The van der Waals surface area contributed by atoms with Crippen LogP contribution in [0.5, 0.6) is 0 Å². The van der Waals surface area contributed by atoms with Gasteiger partial charge < -0.3 is 26.5 Å². The Kier molecular flexibility index (Phi) is 3.90. The van der Waals surface area contributed by atoms with Crippen LogP contribution in [0.4, 0.5) is 17.5 Å². The topological polar surface area (TPSA) is 112 Å². The van der Waals surface area contributed by atoms with Gasteiger partial charge in [-0.1, -0.05) is 12.1 Å². The summed E-state index contributed by atoms with van der Waals surface area (Å²) in [6.45, 7) is 2.80. The van der Waals surface area contributed by atoms with Crippen molar-refractivity contribution in [2.24, 2.45) is 5.73 Å². The fourth-order valence-corrected chi connectivity index (χ4v) is 2.19. The Morgan fingerprint density at radius 1 is 1.23 bits per heavy atom. The zero-order chi connectivity index (χ0) is 15.5. The molecule has 2 aromatic heterocycles. The lowest BCUT2D eigenvalue weighted by Crippen LogP contribution is -2.08. The van der Waals surface area contributed by atoms with Gasteiger partial charge in [-0.15, -0.1) is 0 Å². The molecule has 22 heavy (non-hydrogen) atoms. The second-order valence-electron chi connectivity index (χ2n) is 4.86. The molecule has 3 aromatic rings. The molecule has 1 atom stereocenters. The lowest BCUT2D eigenvalue weighted by atomic mass is 10.2. The van der Waals surface area contributed by atoms with E-state index >= 15 is 0 Å². The molecular formula is C15H18N6O. The molecule has 0 aliphatic rings. The molecule has 1 unspecified atom stereocenters. The highest BCUT2D eigenvalue weighted by molar-refractivity contribution is 5.88. The minimum atomic E-state index is -0.971. The number of nitrogens with two attached hydrogens (primary N) is 1. The predicted octanol–water partition coefficient (Wildman–Crippen LogP) is 2.08. The summed E-state index contributed by atoms with van der Waals surface area (Å²) in [6, 6.07) is 9.09. The molecule has 6 N–H and O–H groups in total. The van der Waals surface area contributed by atoms with Gasteiger partial charge in [0.1, 0.15) is 17.7 Å². The molecule has 0 spiro atoms. The van der Waals surface area contributed by atoms with Gasteiger partial charge in [0.2, 0.25) is 5.95 Å². The van der Waals surface area contributed by atoms with Gasteiger partial charge in [-0.3, -0.25) is 0 Å². The maximum absolute atomic E-state index is 9.31. The number of aromatic nitrogens is 3. The zero-order valence-electron chi connectivity index (χ0n) is 12.2. The van der Waals surface area contributed by atoms with E-state index in [1.54, 1.807) is 12.1 Å². The molecule has 2 heterocycles. The van der Waals surface area contributed by atoms with Crippen LogP contribution in [0, 0.1) is 0 Å². The first-order valence-corrected chi connectivity index (χ1v) is 7.07. The zero-order valence-corrected chi connectivity index (χ0v) is 12.2. The van der Waals surface area contributed by atoms with Crippen molar-refractivity contribution in [3.8, 4) is 0 Å². The Bertz CT molecular complexity index is 765. The van der Waals surface area contributed by atoms with Gasteiger partial charge in [0.25, 0.3) is 0 Å². The van der Waals surface area contributed by atoms with Crippen LogP contribution in [-0.2, 0) is 0 Å². The first kappa shape index (κ1) is 14.3. The van der Waals surface area contributed by atoms with E-state index in [0.29, 0.717) is 11.5 Å². The van der Waals surface area contributed by atoms with E-state index in [9.17, 15) is 5.11 Å². The summed E-state index contributed by atoms with van der Waals surface area (Å²) in [4.78, 5) is 12.0. The van der Waals surface area contributed by atoms with Gasteiger partial charge in [0.05, 0.1) is 5.39 Å². The summed E-state index contributed by atoms with van der Waals surface area (Å²) >= 11 is 0. The smallest absolute Gasteiger partial charge is 0.231 e. The first-order valence-electron chi connectivity index (χ1n) is 7.07. The maximum atomic E-state index is 9.31. The van der Waals surface area contributed by atoms with Crippen LogP contribution in [0.25, 0.3) is 11.0 Å². The molecule has 0 aliphatic carbocycles. The highest BCUT2D eigenvalue weighted by Crippen LogP contribution is 2.23. The van der Waals surface area contributed by atoms with E-state index in [-0.39, 0.29) is 0 Å². The quantitative estimate of drug-likeness (QED) is 0.461. The summed E-state index contributed by atoms with van der Waals surface area (Å²) in [6.07, 6.45) is 0.863. The second kappa shape index (κ2) is 6.00. The van der Waals surface area contributed by atoms with Crippen LogP contribution in [0.1, 0.15) is 18.7 Å². The highest BCUT2D eigenvalue weighted by atomic mass is 16.3. The number of hydrogen-bond donors (Lipinski definition) is 5. The van der Waals surface area contributed by atoms with Crippen LogP contribution in [0.15, 0.2) is 36.5 Å². The minimum Gasteiger partial charge on any atom is -0.375 e. The Hall–Kier alpha value is -2.64. The highest BCUT2D eigenvalue weighted by Gasteiger charge is 2.08. The molecule has 0 radical (unpaired) electrons. The van der Waals surface area contributed by atoms with E-state index in [2.05, 4.69) is 25.6 Å². The minimum absolute atomic E-state index is 0.493. The molecule has 0 bridgehead atoms. The number of H-pyrrole nitrogens is 1. The normalized spacial score (nSPS) is 12.3. The summed E-state index contributed by atoms with van der Waals surface area (Å²) in [7, 11) is 0. The number of nitrogens with zero attached hydrogens (tertiary/aromatic N) is 2. The van der Waals surface area contributed by atoms with Crippen molar-refractivity contribution >= 4 is 28.5 Å².